The van der Waals surface area contributed by atoms with Crippen LogP contribution in [0.4, 0.5) is 0 Å². The molecule has 112 valence electrons. The first-order valence-electron chi connectivity index (χ1n) is 7.54. The molecule has 0 saturated carbocycles. The molecule has 2 rings (SSSR count). The average molecular weight is 283 g/mol. The number of methoxy groups -OCH3 is 1. The second-order valence-electron chi connectivity index (χ2n) is 5.80. The summed E-state index contributed by atoms with van der Waals surface area (Å²) < 4.78 is 5.52. The molecular formula is C19H25NO. The van der Waals surface area contributed by atoms with Gasteiger partial charge < -0.3 is 10.5 Å². The Morgan fingerprint density at radius 3 is 2.52 bits per heavy atom. The predicted molar refractivity (Wildman–Crippen MR) is 90.0 cm³/mol. The smallest absolute Gasteiger partial charge is 0.122 e. The van der Waals surface area contributed by atoms with Gasteiger partial charge in [-0.05, 0) is 65.8 Å². The van der Waals surface area contributed by atoms with Crippen LogP contribution in [0.3, 0.4) is 0 Å². The van der Waals surface area contributed by atoms with Gasteiger partial charge in [-0.3, -0.25) is 0 Å². The zero-order valence-electron chi connectivity index (χ0n) is 13.4. The third-order valence-corrected chi connectivity index (χ3v) is 3.87. The van der Waals surface area contributed by atoms with Gasteiger partial charge in [0, 0.05) is 0 Å². The molecule has 0 radical (unpaired) electrons. The van der Waals surface area contributed by atoms with Crippen LogP contribution in [0.2, 0.25) is 0 Å². The Bertz CT molecular complexity index is 617. The van der Waals surface area contributed by atoms with Gasteiger partial charge in [0.1, 0.15) is 5.75 Å². The van der Waals surface area contributed by atoms with Crippen LogP contribution in [0.5, 0.6) is 5.75 Å². The van der Waals surface area contributed by atoms with Gasteiger partial charge in [0.25, 0.3) is 0 Å². The Hall–Kier alpha value is -1.80. The molecule has 21 heavy (non-hydrogen) atoms. The van der Waals surface area contributed by atoms with Gasteiger partial charge in [-0.25, -0.2) is 0 Å². The van der Waals surface area contributed by atoms with E-state index in [0.717, 1.165) is 12.2 Å². The van der Waals surface area contributed by atoms with Crippen LogP contribution in [0.1, 0.15) is 36.5 Å². The minimum absolute atomic E-state index is 0.437. The van der Waals surface area contributed by atoms with Gasteiger partial charge in [-0.1, -0.05) is 38.1 Å². The second-order valence-corrected chi connectivity index (χ2v) is 5.80. The Morgan fingerprint density at radius 1 is 1.14 bits per heavy atom. The van der Waals surface area contributed by atoms with E-state index in [4.69, 9.17) is 10.5 Å². The van der Waals surface area contributed by atoms with Crippen molar-refractivity contribution in [2.24, 2.45) is 5.73 Å². The Labute approximate surface area is 127 Å². The van der Waals surface area contributed by atoms with Crippen molar-refractivity contribution in [2.75, 3.05) is 13.7 Å². The van der Waals surface area contributed by atoms with Crippen molar-refractivity contribution in [3.8, 4) is 16.9 Å². The van der Waals surface area contributed by atoms with E-state index in [1.807, 2.05) is 0 Å². The highest BCUT2D eigenvalue weighted by atomic mass is 16.5. The molecule has 0 atom stereocenters. The lowest BCUT2D eigenvalue weighted by molar-refractivity contribution is 0.407. The van der Waals surface area contributed by atoms with Crippen molar-refractivity contribution < 1.29 is 4.74 Å². The summed E-state index contributed by atoms with van der Waals surface area (Å²) in [6.45, 7) is 7.21. The maximum Gasteiger partial charge on any atom is 0.122 e. The molecule has 2 heteroatoms. The molecule has 0 aromatic heterocycles. The monoisotopic (exact) mass is 283 g/mol. The van der Waals surface area contributed by atoms with Crippen molar-refractivity contribution >= 4 is 0 Å². The first-order chi connectivity index (χ1) is 10.1. The molecule has 0 spiro atoms. The number of hydrogen-bond acceptors (Lipinski definition) is 2. The summed E-state index contributed by atoms with van der Waals surface area (Å²) in [7, 11) is 1.74. The minimum Gasteiger partial charge on any atom is -0.496 e. The summed E-state index contributed by atoms with van der Waals surface area (Å²) in [4.78, 5) is 0. The third-order valence-electron chi connectivity index (χ3n) is 3.87. The van der Waals surface area contributed by atoms with Crippen molar-refractivity contribution in [1.29, 1.82) is 0 Å². The fourth-order valence-electron chi connectivity index (χ4n) is 2.70. The van der Waals surface area contributed by atoms with Crippen molar-refractivity contribution in [3.63, 3.8) is 0 Å². The second kappa shape index (κ2) is 6.77. The highest BCUT2D eigenvalue weighted by molar-refractivity contribution is 5.70. The third kappa shape index (κ3) is 3.45. The quantitative estimate of drug-likeness (QED) is 0.888. The Balaban J connectivity index is 2.53. The van der Waals surface area contributed by atoms with E-state index in [1.54, 1.807) is 7.11 Å². The number of rotatable bonds is 5. The van der Waals surface area contributed by atoms with Crippen LogP contribution in [0.15, 0.2) is 36.4 Å². The van der Waals surface area contributed by atoms with Crippen molar-refractivity contribution in [3.05, 3.63) is 53.1 Å². The lowest BCUT2D eigenvalue weighted by Crippen LogP contribution is -2.02. The molecule has 0 saturated heterocycles. The Kier molecular flexibility index (Phi) is 5.03. The first-order valence-corrected chi connectivity index (χ1v) is 7.54. The minimum atomic E-state index is 0.437. The average Bonchev–Trinajstić information content (AvgIpc) is 2.47. The summed E-state index contributed by atoms with van der Waals surface area (Å²) in [5, 5.41) is 0. The zero-order chi connectivity index (χ0) is 15.4. The number of aryl methyl sites for hydroxylation is 1. The number of nitrogens with two attached hydrogens (primary N) is 1. The molecule has 2 aromatic carbocycles. The molecular weight excluding hydrogens is 258 g/mol. The van der Waals surface area contributed by atoms with Gasteiger partial charge in [-0.15, -0.1) is 0 Å². The number of benzene rings is 2. The van der Waals surface area contributed by atoms with Gasteiger partial charge in [0.05, 0.1) is 7.11 Å². The van der Waals surface area contributed by atoms with Crippen LogP contribution in [0, 0.1) is 6.92 Å². The van der Waals surface area contributed by atoms with E-state index < -0.39 is 0 Å². The van der Waals surface area contributed by atoms with Gasteiger partial charge >= 0.3 is 0 Å². The maximum absolute atomic E-state index is 5.66. The van der Waals surface area contributed by atoms with E-state index in [9.17, 15) is 0 Å². The van der Waals surface area contributed by atoms with Gasteiger partial charge in [0.2, 0.25) is 0 Å². The highest BCUT2D eigenvalue weighted by Gasteiger charge is 2.12. The van der Waals surface area contributed by atoms with E-state index in [0.29, 0.717) is 12.5 Å². The molecule has 0 bridgehead atoms. The zero-order valence-corrected chi connectivity index (χ0v) is 13.4. The highest BCUT2D eigenvalue weighted by Crippen LogP contribution is 2.34. The lowest BCUT2D eigenvalue weighted by atomic mass is 9.92. The molecule has 0 aliphatic rings. The standard InChI is InChI=1S/C19H25NO/c1-13(2)17-12-18(14(3)10-19(17)21-4)16-7-5-6-15(11-16)8-9-20/h5-7,10-13H,8-9,20H2,1-4H3. The first kappa shape index (κ1) is 15.6. The summed E-state index contributed by atoms with van der Waals surface area (Å²) in [6, 6.07) is 13.1. The fourth-order valence-corrected chi connectivity index (χ4v) is 2.70. The summed E-state index contributed by atoms with van der Waals surface area (Å²) in [5.74, 6) is 1.41. The molecule has 0 aliphatic heterocycles. The summed E-state index contributed by atoms with van der Waals surface area (Å²) in [5.41, 5.74) is 12.0. The van der Waals surface area contributed by atoms with E-state index >= 15 is 0 Å². The SMILES string of the molecule is COc1cc(C)c(-c2cccc(CCN)c2)cc1C(C)C. The van der Waals surface area contributed by atoms with Crippen molar-refractivity contribution in [1.82, 2.24) is 0 Å². The van der Waals surface area contributed by atoms with Crippen LogP contribution >= 0.6 is 0 Å². The molecule has 0 heterocycles. The van der Waals surface area contributed by atoms with Crippen LogP contribution in [-0.4, -0.2) is 13.7 Å². The summed E-state index contributed by atoms with van der Waals surface area (Å²) in [6.07, 6.45) is 0.917. The maximum atomic E-state index is 5.66. The van der Waals surface area contributed by atoms with E-state index in [-0.39, 0.29) is 0 Å². The summed E-state index contributed by atoms with van der Waals surface area (Å²) >= 11 is 0. The number of hydrogen-bond donors (Lipinski definition) is 1. The van der Waals surface area contributed by atoms with E-state index in [2.05, 4.69) is 57.2 Å². The molecule has 0 amide bonds. The fraction of sp³-hybridized carbons (Fsp3) is 0.368. The van der Waals surface area contributed by atoms with Crippen LogP contribution < -0.4 is 10.5 Å². The molecule has 0 fully saturated rings. The molecule has 2 aromatic rings. The topological polar surface area (TPSA) is 35.2 Å². The molecule has 0 aliphatic carbocycles. The van der Waals surface area contributed by atoms with Gasteiger partial charge in [-0.2, -0.15) is 0 Å². The normalized spacial score (nSPS) is 11.0. The van der Waals surface area contributed by atoms with Gasteiger partial charge in [0.15, 0.2) is 0 Å². The lowest BCUT2D eigenvalue weighted by Gasteiger charge is -2.16. The van der Waals surface area contributed by atoms with Crippen LogP contribution in [0.25, 0.3) is 11.1 Å². The van der Waals surface area contributed by atoms with E-state index in [1.165, 1.54) is 27.8 Å². The number of ether oxygens (including phenoxy) is 1. The molecule has 2 nitrogen and oxygen atoms in total. The predicted octanol–water partition coefficient (Wildman–Crippen LogP) is 4.30. The Morgan fingerprint density at radius 2 is 1.90 bits per heavy atom. The largest absolute Gasteiger partial charge is 0.496 e. The molecule has 2 N–H and O–H groups in total. The molecule has 0 unspecified atom stereocenters. The van der Waals surface area contributed by atoms with Crippen LogP contribution in [-0.2, 0) is 6.42 Å². The van der Waals surface area contributed by atoms with Crippen molar-refractivity contribution in [2.45, 2.75) is 33.1 Å².